The van der Waals surface area contributed by atoms with Crippen LogP contribution >= 0.6 is 0 Å². The van der Waals surface area contributed by atoms with E-state index >= 15 is 0 Å². The first kappa shape index (κ1) is 12.9. The summed E-state index contributed by atoms with van der Waals surface area (Å²) in [6.45, 7) is 6.49. The Morgan fingerprint density at radius 1 is 1.28 bits per heavy atom. The molecule has 2 heteroatoms. The molecule has 2 saturated carbocycles. The second-order valence-electron chi connectivity index (χ2n) is 7.08. The minimum absolute atomic E-state index is 0.462. The maximum Gasteiger partial charge on any atom is 0.0534 e. The molecule has 0 aromatic carbocycles. The SMILES string of the molecule is CCNCC1(CC2CC3CCC2C3)CCCOC1. The summed E-state index contributed by atoms with van der Waals surface area (Å²) < 4.78 is 5.83. The van der Waals surface area contributed by atoms with Crippen LogP contribution in [0.15, 0.2) is 0 Å². The van der Waals surface area contributed by atoms with E-state index in [9.17, 15) is 0 Å². The standard InChI is InChI=1S/C16H29NO/c1-2-17-11-16(6-3-7-18-12-16)10-15-9-13-4-5-14(15)8-13/h13-15,17H,2-12H2,1H3. The molecule has 1 N–H and O–H groups in total. The molecule has 0 spiro atoms. The van der Waals surface area contributed by atoms with Crippen LogP contribution in [-0.2, 0) is 4.74 Å². The predicted molar refractivity (Wildman–Crippen MR) is 74.6 cm³/mol. The maximum absolute atomic E-state index is 5.83. The van der Waals surface area contributed by atoms with Crippen molar-refractivity contribution in [3.05, 3.63) is 0 Å². The molecule has 0 aromatic rings. The molecule has 1 heterocycles. The molecule has 2 nitrogen and oxygen atoms in total. The van der Waals surface area contributed by atoms with Gasteiger partial charge in [-0.1, -0.05) is 13.3 Å². The lowest BCUT2D eigenvalue weighted by atomic mass is 9.71. The van der Waals surface area contributed by atoms with Crippen molar-refractivity contribution in [1.29, 1.82) is 0 Å². The Morgan fingerprint density at radius 3 is 2.83 bits per heavy atom. The average molecular weight is 251 g/mol. The van der Waals surface area contributed by atoms with E-state index in [0.29, 0.717) is 5.41 Å². The van der Waals surface area contributed by atoms with E-state index in [2.05, 4.69) is 12.2 Å². The predicted octanol–water partition coefficient (Wildman–Crippen LogP) is 3.22. The van der Waals surface area contributed by atoms with Crippen LogP contribution in [-0.4, -0.2) is 26.3 Å². The van der Waals surface area contributed by atoms with Gasteiger partial charge in [0.2, 0.25) is 0 Å². The molecule has 4 unspecified atom stereocenters. The molecule has 4 atom stereocenters. The molecule has 2 aliphatic carbocycles. The summed E-state index contributed by atoms with van der Waals surface area (Å²) in [5.74, 6) is 3.17. The zero-order valence-corrected chi connectivity index (χ0v) is 11.9. The van der Waals surface area contributed by atoms with Gasteiger partial charge in [-0.15, -0.1) is 0 Å². The summed E-state index contributed by atoms with van der Waals surface area (Å²) in [5.41, 5.74) is 0.462. The largest absolute Gasteiger partial charge is 0.381 e. The van der Waals surface area contributed by atoms with Crippen LogP contribution < -0.4 is 5.32 Å². The van der Waals surface area contributed by atoms with E-state index in [1.54, 1.807) is 6.42 Å². The fourth-order valence-electron chi connectivity index (χ4n) is 4.86. The maximum atomic E-state index is 5.83. The highest BCUT2D eigenvalue weighted by Gasteiger charge is 2.44. The summed E-state index contributed by atoms with van der Waals surface area (Å²) in [6, 6.07) is 0. The first-order chi connectivity index (χ1) is 8.81. The van der Waals surface area contributed by atoms with Crippen molar-refractivity contribution in [3.63, 3.8) is 0 Å². The van der Waals surface area contributed by atoms with E-state index in [4.69, 9.17) is 4.74 Å². The van der Waals surface area contributed by atoms with Crippen molar-refractivity contribution in [2.45, 2.75) is 51.9 Å². The fourth-order valence-corrected chi connectivity index (χ4v) is 4.86. The van der Waals surface area contributed by atoms with Crippen LogP contribution in [0.25, 0.3) is 0 Å². The van der Waals surface area contributed by atoms with Crippen molar-refractivity contribution in [3.8, 4) is 0 Å². The van der Waals surface area contributed by atoms with Crippen molar-refractivity contribution >= 4 is 0 Å². The summed E-state index contributed by atoms with van der Waals surface area (Å²) in [7, 11) is 0. The number of hydrogen-bond acceptors (Lipinski definition) is 2. The summed E-state index contributed by atoms with van der Waals surface area (Å²) >= 11 is 0. The van der Waals surface area contributed by atoms with Crippen LogP contribution in [0.2, 0.25) is 0 Å². The molecule has 3 fully saturated rings. The molecule has 3 rings (SSSR count). The normalized spacial score (nSPS) is 43.5. The third kappa shape index (κ3) is 2.60. The topological polar surface area (TPSA) is 21.3 Å². The second kappa shape index (κ2) is 5.50. The molecule has 1 aliphatic heterocycles. The van der Waals surface area contributed by atoms with Crippen LogP contribution in [0, 0.1) is 23.2 Å². The van der Waals surface area contributed by atoms with Gasteiger partial charge in [0.15, 0.2) is 0 Å². The Hall–Kier alpha value is -0.0800. The number of ether oxygens (including phenoxy) is 1. The molecule has 3 aliphatic rings. The van der Waals surface area contributed by atoms with Crippen molar-refractivity contribution in [2.24, 2.45) is 23.2 Å². The summed E-state index contributed by atoms with van der Waals surface area (Å²) in [4.78, 5) is 0. The first-order valence-corrected chi connectivity index (χ1v) is 8.10. The summed E-state index contributed by atoms with van der Waals surface area (Å²) in [5, 5.41) is 3.60. The third-order valence-corrected chi connectivity index (χ3v) is 5.73. The number of fused-ring (bicyclic) bond motifs is 2. The van der Waals surface area contributed by atoms with Gasteiger partial charge in [0, 0.05) is 18.6 Å². The highest BCUT2D eigenvalue weighted by atomic mass is 16.5. The fraction of sp³-hybridized carbons (Fsp3) is 1.00. The molecular formula is C16H29NO. The van der Waals surface area contributed by atoms with Gasteiger partial charge in [-0.2, -0.15) is 0 Å². The Bertz CT molecular complexity index is 272. The molecule has 1 saturated heterocycles. The van der Waals surface area contributed by atoms with E-state index in [0.717, 1.165) is 37.5 Å². The van der Waals surface area contributed by atoms with Crippen LogP contribution in [0.5, 0.6) is 0 Å². The van der Waals surface area contributed by atoms with Crippen molar-refractivity contribution in [1.82, 2.24) is 5.32 Å². The van der Waals surface area contributed by atoms with Gasteiger partial charge in [0.25, 0.3) is 0 Å². The molecule has 2 bridgehead atoms. The van der Waals surface area contributed by atoms with Gasteiger partial charge in [0.1, 0.15) is 0 Å². The van der Waals surface area contributed by atoms with E-state index in [-0.39, 0.29) is 0 Å². The minimum Gasteiger partial charge on any atom is -0.381 e. The quantitative estimate of drug-likeness (QED) is 0.810. The van der Waals surface area contributed by atoms with Gasteiger partial charge in [-0.05, 0) is 62.8 Å². The van der Waals surface area contributed by atoms with Crippen molar-refractivity contribution in [2.75, 3.05) is 26.3 Å². The van der Waals surface area contributed by atoms with Gasteiger partial charge in [-0.3, -0.25) is 0 Å². The average Bonchev–Trinajstić information content (AvgIpc) is 3.00. The number of nitrogens with one attached hydrogen (secondary N) is 1. The Kier molecular flexibility index (Phi) is 3.95. The molecular weight excluding hydrogens is 222 g/mol. The van der Waals surface area contributed by atoms with Crippen LogP contribution in [0.4, 0.5) is 0 Å². The molecule has 0 aromatic heterocycles. The van der Waals surface area contributed by atoms with E-state index in [1.807, 2.05) is 0 Å². The molecule has 0 amide bonds. The van der Waals surface area contributed by atoms with Gasteiger partial charge < -0.3 is 10.1 Å². The number of rotatable bonds is 5. The Morgan fingerprint density at radius 2 is 2.22 bits per heavy atom. The number of hydrogen-bond donors (Lipinski definition) is 1. The van der Waals surface area contributed by atoms with E-state index in [1.165, 1.54) is 45.1 Å². The second-order valence-corrected chi connectivity index (χ2v) is 7.08. The third-order valence-electron chi connectivity index (χ3n) is 5.73. The van der Waals surface area contributed by atoms with Crippen molar-refractivity contribution < 1.29 is 4.74 Å². The Balaban J connectivity index is 1.61. The molecule has 0 radical (unpaired) electrons. The highest BCUT2D eigenvalue weighted by Crippen LogP contribution is 2.52. The van der Waals surface area contributed by atoms with Crippen LogP contribution in [0.3, 0.4) is 0 Å². The first-order valence-electron chi connectivity index (χ1n) is 8.10. The van der Waals surface area contributed by atoms with Gasteiger partial charge >= 0.3 is 0 Å². The van der Waals surface area contributed by atoms with E-state index < -0.39 is 0 Å². The minimum atomic E-state index is 0.462. The smallest absolute Gasteiger partial charge is 0.0534 e. The summed E-state index contributed by atoms with van der Waals surface area (Å²) in [6.07, 6.45) is 10.2. The van der Waals surface area contributed by atoms with Crippen LogP contribution in [0.1, 0.15) is 51.9 Å². The Labute approximate surface area is 112 Å². The molecule has 18 heavy (non-hydrogen) atoms. The lowest BCUT2D eigenvalue weighted by Gasteiger charge is -2.41. The monoisotopic (exact) mass is 251 g/mol. The molecule has 104 valence electrons. The van der Waals surface area contributed by atoms with Gasteiger partial charge in [-0.25, -0.2) is 0 Å². The lowest BCUT2D eigenvalue weighted by Crippen LogP contribution is -2.43. The highest BCUT2D eigenvalue weighted by molar-refractivity contribution is 4.95. The zero-order chi connectivity index (χ0) is 12.4. The zero-order valence-electron chi connectivity index (χ0n) is 11.9. The van der Waals surface area contributed by atoms with Gasteiger partial charge in [0.05, 0.1) is 6.61 Å². The lowest BCUT2D eigenvalue weighted by molar-refractivity contribution is -0.0246.